The van der Waals surface area contributed by atoms with Crippen LogP contribution in [-0.4, -0.2) is 43.1 Å². The Morgan fingerprint density at radius 2 is 2.20 bits per heavy atom. The van der Waals surface area contributed by atoms with E-state index in [0.717, 1.165) is 9.73 Å². The van der Waals surface area contributed by atoms with Crippen LogP contribution in [0, 0.1) is 0 Å². The largest absolute Gasteiger partial charge is 0.348 e. The minimum atomic E-state index is 0.652. The van der Waals surface area contributed by atoms with E-state index in [1.807, 2.05) is 5.38 Å². The van der Waals surface area contributed by atoms with Crippen molar-refractivity contribution in [1.29, 1.82) is 0 Å². The molecule has 1 saturated heterocycles. The average molecular weight is 290 g/mol. The molecule has 0 atom stereocenters. The smallest absolute Gasteiger partial charge is 0.186 e. The van der Waals surface area contributed by atoms with Gasteiger partial charge in [0.05, 0.1) is 0 Å². The van der Waals surface area contributed by atoms with Crippen molar-refractivity contribution in [1.82, 2.24) is 9.88 Å². The van der Waals surface area contributed by atoms with Crippen molar-refractivity contribution in [2.45, 2.75) is 18.9 Å². The molecule has 0 bridgehead atoms. The molecule has 0 radical (unpaired) electrons. The van der Waals surface area contributed by atoms with E-state index in [4.69, 9.17) is 0 Å². The molecule has 1 fully saturated rings. The van der Waals surface area contributed by atoms with Crippen molar-refractivity contribution in [2.75, 3.05) is 32.1 Å². The first-order valence-electron chi connectivity index (χ1n) is 5.19. The Kier molecular flexibility index (Phi) is 3.64. The predicted molar refractivity (Wildman–Crippen MR) is 68.7 cm³/mol. The fraction of sp³-hybridized carbons (Fsp3) is 0.700. The molecular weight excluding hydrogens is 274 g/mol. The molecule has 1 aliphatic rings. The van der Waals surface area contributed by atoms with Crippen LogP contribution in [0.2, 0.25) is 0 Å². The molecule has 1 aromatic heterocycles. The fourth-order valence-corrected chi connectivity index (χ4v) is 3.23. The number of piperidine rings is 1. The Hall–Kier alpha value is -0.130. The minimum Gasteiger partial charge on any atom is -0.348 e. The topological polar surface area (TPSA) is 19.4 Å². The lowest BCUT2D eigenvalue weighted by Crippen LogP contribution is -2.41. The van der Waals surface area contributed by atoms with Crippen LogP contribution in [0.3, 0.4) is 0 Å². The van der Waals surface area contributed by atoms with Gasteiger partial charge >= 0.3 is 0 Å². The summed E-state index contributed by atoms with van der Waals surface area (Å²) >= 11 is 5.10. The van der Waals surface area contributed by atoms with Gasteiger partial charge in [0.15, 0.2) is 5.13 Å². The normalized spacial score (nSPS) is 19.4. The van der Waals surface area contributed by atoms with Crippen LogP contribution < -0.4 is 4.90 Å². The van der Waals surface area contributed by atoms with Gasteiger partial charge in [-0.05, 0) is 48.9 Å². The first-order valence-corrected chi connectivity index (χ1v) is 6.86. The third kappa shape index (κ3) is 2.71. The summed E-state index contributed by atoms with van der Waals surface area (Å²) in [5.74, 6) is 0. The molecule has 1 aliphatic heterocycles. The Balaban J connectivity index is 1.99. The quantitative estimate of drug-likeness (QED) is 0.834. The van der Waals surface area contributed by atoms with Crippen molar-refractivity contribution in [3.05, 3.63) is 9.98 Å². The molecular formula is C10H16BrN3S. The summed E-state index contributed by atoms with van der Waals surface area (Å²) in [5, 5.41) is 3.16. The Morgan fingerprint density at radius 1 is 1.53 bits per heavy atom. The van der Waals surface area contributed by atoms with E-state index in [2.05, 4.69) is 44.8 Å². The van der Waals surface area contributed by atoms with Gasteiger partial charge < -0.3 is 9.80 Å². The summed E-state index contributed by atoms with van der Waals surface area (Å²) in [4.78, 5) is 9.17. The van der Waals surface area contributed by atoms with E-state index >= 15 is 0 Å². The molecule has 0 N–H and O–H groups in total. The summed E-state index contributed by atoms with van der Waals surface area (Å²) in [6.45, 7) is 2.39. The molecule has 0 saturated carbocycles. The Bertz CT molecular complexity index is 320. The van der Waals surface area contributed by atoms with Gasteiger partial charge in [0.25, 0.3) is 0 Å². The molecule has 5 heteroatoms. The third-order valence-corrected chi connectivity index (χ3v) is 4.64. The van der Waals surface area contributed by atoms with E-state index in [9.17, 15) is 0 Å². The van der Waals surface area contributed by atoms with Gasteiger partial charge in [-0.3, -0.25) is 0 Å². The summed E-state index contributed by atoms with van der Waals surface area (Å²) < 4.78 is 0.947. The summed E-state index contributed by atoms with van der Waals surface area (Å²) in [7, 11) is 4.34. The van der Waals surface area contributed by atoms with Crippen LogP contribution in [-0.2, 0) is 0 Å². The molecule has 2 heterocycles. The number of halogens is 1. The molecule has 0 aliphatic carbocycles. The lowest BCUT2D eigenvalue weighted by Gasteiger charge is -2.34. The van der Waals surface area contributed by atoms with Crippen molar-refractivity contribution >= 4 is 32.4 Å². The van der Waals surface area contributed by atoms with E-state index in [-0.39, 0.29) is 0 Å². The molecule has 0 amide bonds. The van der Waals surface area contributed by atoms with Crippen LogP contribution >= 0.6 is 27.3 Å². The van der Waals surface area contributed by atoms with Crippen molar-refractivity contribution in [3.8, 4) is 0 Å². The fourth-order valence-electron chi connectivity index (χ4n) is 1.95. The third-order valence-electron chi connectivity index (χ3n) is 3.00. The number of rotatable bonds is 2. The first-order chi connectivity index (χ1) is 7.16. The molecule has 15 heavy (non-hydrogen) atoms. The highest BCUT2D eigenvalue weighted by Gasteiger charge is 2.22. The standard InChI is InChI=1S/C10H16BrN3S/c1-13-5-3-8(4-6-13)14(2)10-12-9(11)7-15-10/h7-8H,3-6H2,1-2H3. The molecule has 0 aromatic carbocycles. The second-order valence-electron chi connectivity index (χ2n) is 4.10. The van der Waals surface area contributed by atoms with E-state index < -0.39 is 0 Å². The zero-order valence-electron chi connectivity index (χ0n) is 9.11. The monoisotopic (exact) mass is 289 g/mol. The predicted octanol–water partition coefficient (Wildman–Crippen LogP) is 2.44. The molecule has 2 rings (SSSR count). The molecule has 3 nitrogen and oxygen atoms in total. The zero-order chi connectivity index (χ0) is 10.8. The van der Waals surface area contributed by atoms with Crippen LogP contribution in [0.25, 0.3) is 0 Å². The number of anilines is 1. The van der Waals surface area contributed by atoms with Gasteiger partial charge in [0.2, 0.25) is 0 Å². The van der Waals surface area contributed by atoms with Crippen molar-refractivity contribution in [2.24, 2.45) is 0 Å². The van der Waals surface area contributed by atoms with Gasteiger partial charge in [0.1, 0.15) is 4.60 Å². The SMILES string of the molecule is CN1CCC(N(C)c2nc(Br)cs2)CC1. The second-order valence-corrected chi connectivity index (χ2v) is 5.75. The Morgan fingerprint density at radius 3 is 2.73 bits per heavy atom. The lowest BCUT2D eigenvalue weighted by molar-refractivity contribution is 0.253. The average Bonchev–Trinajstić information content (AvgIpc) is 2.65. The highest BCUT2D eigenvalue weighted by Crippen LogP contribution is 2.26. The summed E-state index contributed by atoms with van der Waals surface area (Å²) in [5.41, 5.74) is 0. The number of hydrogen-bond donors (Lipinski definition) is 0. The lowest BCUT2D eigenvalue weighted by atomic mass is 10.0. The maximum absolute atomic E-state index is 4.45. The minimum absolute atomic E-state index is 0.652. The molecule has 0 spiro atoms. The zero-order valence-corrected chi connectivity index (χ0v) is 11.5. The maximum Gasteiger partial charge on any atom is 0.186 e. The van der Waals surface area contributed by atoms with Gasteiger partial charge in [0, 0.05) is 18.5 Å². The second kappa shape index (κ2) is 4.80. The van der Waals surface area contributed by atoms with Crippen molar-refractivity contribution < 1.29 is 0 Å². The number of likely N-dealkylation sites (tertiary alicyclic amines) is 1. The molecule has 0 unspecified atom stereocenters. The Labute approximate surface area is 103 Å². The number of thiazole rings is 1. The van der Waals surface area contributed by atoms with Crippen LogP contribution in [0.4, 0.5) is 5.13 Å². The van der Waals surface area contributed by atoms with Gasteiger partial charge in [-0.25, -0.2) is 4.98 Å². The van der Waals surface area contributed by atoms with Gasteiger partial charge in [-0.1, -0.05) is 0 Å². The van der Waals surface area contributed by atoms with Crippen LogP contribution in [0.1, 0.15) is 12.8 Å². The van der Waals surface area contributed by atoms with E-state index in [1.165, 1.54) is 25.9 Å². The van der Waals surface area contributed by atoms with Crippen LogP contribution in [0.15, 0.2) is 9.98 Å². The summed E-state index contributed by atoms with van der Waals surface area (Å²) in [6, 6.07) is 0.652. The van der Waals surface area contributed by atoms with Gasteiger partial charge in [-0.15, -0.1) is 11.3 Å². The maximum atomic E-state index is 4.45. The first kappa shape index (κ1) is 11.4. The highest BCUT2D eigenvalue weighted by atomic mass is 79.9. The van der Waals surface area contributed by atoms with Crippen molar-refractivity contribution in [3.63, 3.8) is 0 Å². The van der Waals surface area contributed by atoms with Gasteiger partial charge in [-0.2, -0.15) is 0 Å². The highest BCUT2D eigenvalue weighted by molar-refractivity contribution is 9.10. The number of hydrogen-bond acceptors (Lipinski definition) is 4. The molecule has 1 aromatic rings. The van der Waals surface area contributed by atoms with Crippen LogP contribution in [0.5, 0.6) is 0 Å². The number of nitrogens with zero attached hydrogens (tertiary/aromatic N) is 3. The van der Waals surface area contributed by atoms with E-state index in [1.54, 1.807) is 11.3 Å². The molecule has 84 valence electrons. The number of aromatic nitrogens is 1. The van der Waals surface area contributed by atoms with E-state index in [0.29, 0.717) is 6.04 Å². The summed E-state index contributed by atoms with van der Waals surface area (Å²) in [6.07, 6.45) is 2.48.